The first kappa shape index (κ1) is 23.9. The van der Waals surface area contributed by atoms with E-state index in [9.17, 15) is 0 Å². The van der Waals surface area contributed by atoms with Crippen LogP contribution in [0.25, 0.3) is 65.3 Å². The molecule has 0 radical (unpaired) electrons. The smallest absolute Gasteiger partial charge is 0.00264 e. The summed E-state index contributed by atoms with van der Waals surface area (Å²) in [6, 6.07) is 60.4. The third kappa shape index (κ3) is 4.40. The van der Waals surface area contributed by atoms with Gasteiger partial charge in [-0.25, -0.2) is 0 Å². The molecule has 0 saturated heterocycles. The number of hydrogen-bond acceptors (Lipinski definition) is 0. The molecule has 40 heavy (non-hydrogen) atoms. The van der Waals surface area contributed by atoms with E-state index < -0.39 is 0 Å². The highest BCUT2D eigenvalue weighted by atomic mass is 14.2. The maximum atomic E-state index is 2.25. The lowest BCUT2D eigenvalue weighted by atomic mass is 9.86. The van der Waals surface area contributed by atoms with Gasteiger partial charge >= 0.3 is 0 Å². The van der Waals surface area contributed by atoms with Crippen molar-refractivity contribution >= 4 is 43.1 Å². The Morgan fingerprint density at radius 2 is 0.475 bits per heavy atom. The molecule has 0 saturated carbocycles. The molecule has 0 aliphatic rings. The molecule has 0 aliphatic heterocycles. The molecule has 0 nitrogen and oxygen atoms in total. The van der Waals surface area contributed by atoms with Crippen molar-refractivity contribution in [3.05, 3.63) is 170 Å². The summed E-state index contributed by atoms with van der Waals surface area (Å²) in [5.41, 5.74) is 5.16. The van der Waals surface area contributed by atoms with E-state index in [0.29, 0.717) is 0 Å². The van der Waals surface area contributed by atoms with Gasteiger partial charge in [-0.05, 0) is 77.5 Å². The van der Waals surface area contributed by atoms with Crippen LogP contribution in [0.4, 0.5) is 0 Å². The average Bonchev–Trinajstić information content (AvgIpc) is 3.03. The molecule has 8 rings (SSSR count). The first-order valence-electron chi connectivity index (χ1n) is 13.8. The maximum absolute atomic E-state index is 2.25. The van der Waals surface area contributed by atoms with Crippen molar-refractivity contribution in [2.45, 2.75) is 0 Å². The summed E-state index contributed by atoms with van der Waals surface area (Å²) in [5.74, 6) is 0. The second-order valence-corrected chi connectivity index (χ2v) is 10.1. The van der Waals surface area contributed by atoms with Gasteiger partial charge in [-0.3, -0.25) is 0 Å². The van der Waals surface area contributed by atoms with Crippen LogP contribution in [0, 0.1) is 0 Å². The Hall–Kier alpha value is -5.20. The molecule has 0 atom stereocenters. The topological polar surface area (TPSA) is 0 Å². The highest BCUT2D eigenvalue weighted by Gasteiger charge is 2.15. The minimum Gasteiger partial charge on any atom is -0.0622 e. The van der Waals surface area contributed by atoms with E-state index in [1.165, 1.54) is 65.3 Å². The molecule has 0 unspecified atom stereocenters. The normalized spacial score (nSPS) is 11.0. The molecular formula is C40H28. The van der Waals surface area contributed by atoms with Crippen molar-refractivity contribution in [2.24, 2.45) is 0 Å². The molecule has 0 bridgehead atoms. The van der Waals surface area contributed by atoms with E-state index >= 15 is 0 Å². The minimum atomic E-state index is 1.26. The van der Waals surface area contributed by atoms with Crippen molar-refractivity contribution in [1.29, 1.82) is 0 Å². The van der Waals surface area contributed by atoms with Crippen molar-refractivity contribution in [3.8, 4) is 22.3 Å². The van der Waals surface area contributed by atoms with Crippen LogP contribution in [0.1, 0.15) is 0 Å². The van der Waals surface area contributed by atoms with Gasteiger partial charge in [-0.1, -0.05) is 158 Å². The Kier molecular flexibility index (Phi) is 6.28. The molecule has 8 aromatic rings. The Morgan fingerprint density at radius 3 is 0.775 bits per heavy atom. The van der Waals surface area contributed by atoms with Crippen molar-refractivity contribution in [1.82, 2.24) is 0 Å². The van der Waals surface area contributed by atoms with Gasteiger partial charge in [0.05, 0.1) is 0 Å². The first-order valence-corrected chi connectivity index (χ1v) is 13.8. The quantitative estimate of drug-likeness (QED) is 0.204. The fourth-order valence-corrected chi connectivity index (χ4v) is 5.84. The fraction of sp³-hybridized carbons (Fsp3) is 0. The summed E-state index contributed by atoms with van der Waals surface area (Å²) < 4.78 is 0. The molecule has 0 amide bonds. The number of hydrogen-bond donors (Lipinski definition) is 0. The first-order chi connectivity index (χ1) is 19.9. The lowest BCUT2D eigenvalue weighted by molar-refractivity contribution is 1.65. The van der Waals surface area contributed by atoms with E-state index in [2.05, 4.69) is 170 Å². The van der Waals surface area contributed by atoms with Crippen LogP contribution in [0.5, 0.6) is 0 Å². The van der Waals surface area contributed by atoms with E-state index in [-0.39, 0.29) is 0 Å². The maximum Gasteiger partial charge on any atom is -0.00264 e. The van der Waals surface area contributed by atoms with Gasteiger partial charge in [-0.2, -0.15) is 0 Å². The summed E-state index contributed by atoms with van der Waals surface area (Å²) in [5, 5.41) is 10.5. The fourth-order valence-electron chi connectivity index (χ4n) is 5.84. The van der Waals surface area contributed by atoms with Crippen LogP contribution < -0.4 is 0 Å². The minimum absolute atomic E-state index is 1.26. The number of benzene rings is 8. The Bertz CT molecular complexity index is 1830. The SMILES string of the molecule is c1ccc(-c2c3ccccc3c(-c3ccccc3)c3ccccc23)cc1.c1ccc2cc3ccccc3cc2c1. The Balaban J connectivity index is 0.000000159. The highest BCUT2D eigenvalue weighted by Crippen LogP contribution is 2.43. The largest absolute Gasteiger partial charge is 0.0622 e. The summed E-state index contributed by atoms with van der Waals surface area (Å²) in [4.78, 5) is 0. The van der Waals surface area contributed by atoms with Crippen molar-refractivity contribution in [3.63, 3.8) is 0 Å². The molecule has 0 heteroatoms. The molecule has 0 heterocycles. The molecule has 8 aromatic carbocycles. The third-order valence-corrected chi connectivity index (χ3v) is 7.67. The lowest BCUT2D eigenvalue weighted by Gasteiger charge is -2.17. The van der Waals surface area contributed by atoms with E-state index in [1.807, 2.05) is 0 Å². The summed E-state index contributed by atoms with van der Waals surface area (Å²) in [6.45, 7) is 0. The van der Waals surface area contributed by atoms with Gasteiger partial charge in [0.15, 0.2) is 0 Å². The monoisotopic (exact) mass is 508 g/mol. The Labute approximate surface area is 234 Å². The van der Waals surface area contributed by atoms with Gasteiger partial charge in [0, 0.05) is 0 Å². The zero-order valence-electron chi connectivity index (χ0n) is 22.2. The third-order valence-electron chi connectivity index (χ3n) is 7.67. The van der Waals surface area contributed by atoms with Gasteiger partial charge in [0.2, 0.25) is 0 Å². The predicted octanol–water partition coefficient (Wildman–Crippen LogP) is 11.3. The zero-order chi connectivity index (χ0) is 26.7. The van der Waals surface area contributed by atoms with Crippen molar-refractivity contribution in [2.75, 3.05) is 0 Å². The zero-order valence-corrected chi connectivity index (χ0v) is 22.2. The lowest BCUT2D eigenvalue weighted by Crippen LogP contribution is -1.90. The van der Waals surface area contributed by atoms with Crippen LogP contribution >= 0.6 is 0 Å². The molecule has 0 aromatic heterocycles. The van der Waals surface area contributed by atoms with Gasteiger partial charge in [0.1, 0.15) is 0 Å². The predicted molar refractivity (Wildman–Crippen MR) is 174 cm³/mol. The standard InChI is InChI=1S/C26H18.C14H10/c1-3-11-19(12-4-1)25-21-15-7-9-17-23(21)26(20-13-5-2-6-14-20)24-18-10-8-16-22(24)25;1-2-6-12-10-14-8-4-3-7-13(14)9-11(12)5-1/h1-18H;1-10H. The Morgan fingerprint density at radius 1 is 0.225 bits per heavy atom. The van der Waals surface area contributed by atoms with E-state index in [1.54, 1.807) is 0 Å². The average molecular weight is 509 g/mol. The molecule has 0 N–H and O–H groups in total. The summed E-state index contributed by atoms with van der Waals surface area (Å²) in [6.07, 6.45) is 0. The van der Waals surface area contributed by atoms with Gasteiger partial charge in [-0.15, -0.1) is 0 Å². The van der Waals surface area contributed by atoms with Gasteiger partial charge in [0.25, 0.3) is 0 Å². The van der Waals surface area contributed by atoms with Crippen molar-refractivity contribution < 1.29 is 0 Å². The second kappa shape index (κ2) is 10.5. The molecule has 0 aliphatic carbocycles. The van der Waals surface area contributed by atoms with E-state index in [0.717, 1.165) is 0 Å². The number of rotatable bonds is 2. The second-order valence-electron chi connectivity index (χ2n) is 10.1. The summed E-state index contributed by atoms with van der Waals surface area (Å²) >= 11 is 0. The molecule has 188 valence electrons. The van der Waals surface area contributed by atoms with E-state index in [4.69, 9.17) is 0 Å². The molecule has 0 spiro atoms. The van der Waals surface area contributed by atoms with Crippen LogP contribution in [-0.4, -0.2) is 0 Å². The van der Waals surface area contributed by atoms with Crippen LogP contribution in [-0.2, 0) is 0 Å². The number of fused-ring (bicyclic) bond motifs is 4. The van der Waals surface area contributed by atoms with Crippen LogP contribution in [0.3, 0.4) is 0 Å². The van der Waals surface area contributed by atoms with Crippen LogP contribution in [0.15, 0.2) is 170 Å². The van der Waals surface area contributed by atoms with Crippen LogP contribution in [0.2, 0.25) is 0 Å². The summed E-state index contributed by atoms with van der Waals surface area (Å²) in [7, 11) is 0. The molecule has 0 fully saturated rings. The van der Waals surface area contributed by atoms with Gasteiger partial charge < -0.3 is 0 Å². The molecular weight excluding hydrogens is 480 g/mol. The highest BCUT2D eigenvalue weighted by molar-refractivity contribution is 6.21.